The molecule has 0 radical (unpaired) electrons. The van der Waals surface area contributed by atoms with E-state index in [9.17, 15) is 18.0 Å². The van der Waals surface area contributed by atoms with E-state index < -0.39 is 30.1 Å². The second-order valence-corrected chi connectivity index (χ2v) is 4.28. The summed E-state index contributed by atoms with van der Waals surface area (Å²) in [6, 6.07) is 2.42. The number of carbonyl (C=O) groups excluding carboxylic acids is 1. The van der Waals surface area contributed by atoms with Crippen molar-refractivity contribution < 1.29 is 22.7 Å². The molecule has 0 saturated carbocycles. The van der Waals surface area contributed by atoms with Crippen molar-refractivity contribution in [3.63, 3.8) is 0 Å². The fourth-order valence-corrected chi connectivity index (χ4v) is 1.30. The minimum atomic E-state index is -3.11. The lowest BCUT2D eigenvalue weighted by molar-refractivity contribution is -0.118. The summed E-state index contributed by atoms with van der Waals surface area (Å²) in [5, 5.41) is 2.40. The molecule has 106 valence electrons. The highest BCUT2D eigenvalue weighted by atomic mass is 19.3. The molecule has 7 heteroatoms. The number of ether oxygens (including phenoxy) is 1. The Morgan fingerprint density at radius 2 is 2.00 bits per heavy atom. The Balaban J connectivity index is 2.76. The molecule has 1 unspecified atom stereocenters. The fourth-order valence-electron chi connectivity index (χ4n) is 1.30. The maximum absolute atomic E-state index is 13.4. The Bertz CT molecular complexity index is 453. The van der Waals surface area contributed by atoms with Gasteiger partial charge in [0.2, 0.25) is 5.91 Å². The summed E-state index contributed by atoms with van der Waals surface area (Å²) in [7, 11) is 0. The number of hydrogen-bond acceptors (Lipinski definition) is 3. The van der Waals surface area contributed by atoms with Crippen LogP contribution in [0.5, 0.6) is 5.75 Å². The summed E-state index contributed by atoms with van der Waals surface area (Å²) >= 11 is 0. The molecule has 1 atom stereocenters. The van der Waals surface area contributed by atoms with E-state index in [4.69, 9.17) is 5.73 Å². The molecular weight excluding hydrogens is 261 g/mol. The van der Waals surface area contributed by atoms with Crippen molar-refractivity contribution in [1.29, 1.82) is 0 Å². The van der Waals surface area contributed by atoms with Crippen LogP contribution in [0.1, 0.15) is 13.8 Å². The Kier molecular flexibility index (Phi) is 5.17. The smallest absolute Gasteiger partial charge is 0.387 e. The largest absolute Gasteiger partial charge is 0.432 e. The molecular formula is C12H15F3N2O2. The van der Waals surface area contributed by atoms with E-state index >= 15 is 0 Å². The lowest BCUT2D eigenvalue weighted by Gasteiger charge is -2.15. The Morgan fingerprint density at radius 1 is 1.37 bits per heavy atom. The molecule has 0 aliphatic heterocycles. The van der Waals surface area contributed by atoms with Gasteiger partial charge in [-0.2, -0.15) is 8.78 Å². The molecule has 1 amide bonds. The minimum Gasteiger partial charge on any atom is -0.432 e. The first kappa shape index (κ1) is 15.3. The second-order valence-electron chi connectivity index (χ2n) is 4.28. The molecule has 1 aromatic rings. The Morgan fingerprint density at radius 3 is 2.47 bits per heavy atom. The standard InChI is InChI=1S/C12H15F3N2O2/c1-6(2)10(16)11(18)17-7-3-4-9(8(13)5-7)19-12(14)15/h3-6,10,12H,16H2,1-2H3,(H,17,18). The third kappa shape index (κ3) is 4.44. The SMILES string of the molecule is CC(C)C(N)C(=O)Nc1ccc(OC(F)F)c(F)c1. The number of alkyl halides is 2. The van der Waals surface area contributed by atoms with E-state index in [1.807, 2.05) is 0 Å². The van der Waals surface area contributed by atoms with Gasteiger partial charge < -0.3 is 15.8 Å². The number of nitrogens with two attached hydrogens (primary N) is 1. The van der Waals surface area contributed by atoms with E-state index in [1.165, 1.54) is 6.07 Å². The molecule has 19 heavy (non-hydrogen) atoms. The third-order valence-corrected chi connectivity index (χ3v) is 2.44. The number of amides is 1. The van der Waals surface area contributed by atoms with Crippen LogP contribution in [0, 0.1) is 11.7 Å². The van der Waals surface area contributed by atoms with Gasteiger partial charge in [-0.25, -0.2) is 4.39 Å². The van der Waals surface area contributed by atoms with Gasteiger partial charge in [-0.05, 0) is 18.1 Å². The zero-order valence-corrected chi connectivity index (χ0v) is 10.5. The van der Waals surface area contributed by atoms with Crippen LogP contribution >= 0.6 is 0 Å². The number of nitrogens with one attached hydrogen (secondary N) is 1. The van der Waals surface area contributed by atoms with Crippen molar-refractivity contribution in [3.05, 3.63) is 24.0 Å². The molecule has 0 aromatic heterocycles. The molecule has 0 aliphatic carbocycles. The maximum Gasteiger partial charge on any atom is 0.387 e. The van der Waals surface area contributed by atoms with Crippen molar-refractivity contribution in [1.82, 2.24) is 0 Å². The fraction of sp³-hybridized carbons (Fsp3) is 0.417. The van der Waals surface area contributed by atoms with Crippen LogP contribution in [-0.2, 0) is 4.79 Å². The van der Waals surface area contributed by atoms with E-state index in [-0.39, 0.29) is 11.6 Å². The van der Waals surface area contributed by atoms with Gasteiger partial charge in [-0.3, -0.25) is 4.79 Å². The molecule has 0 fully saturated rings. The molecule has 0 spiro atoms. The predicted octanol–water partition coefficient (Wildman–Crippen LogP) is 2.35. The normalized spacial score (nSPS) is 12.6. The molecule has 0 bridgehead atoms. The van der Waals surface area contributed by atoms with Crippen LogP contribution in [-0.4, -0.2) is 18.6 Å². The highest BCUT2D eigenvalue weighted by molar-refractivity contribution is 5.94. The van der Waals surface area contributed by atoms with E-state index in [1.54, 1.807) is 13.8 Å². The molecule has 0 aliphatic rings. The van der Waals surface area contributed by atoms with Gasteiger partial charge >= 0.3 is 6.61 Å². The molecule has 4 nitrogen and oxygen atoms in total. The minimum absolute atomic E-state index is 0.0775. The summed E-state index contributed by atoms with van der Waals surface area (Å²) in [6.07, 6.45) is 0. The first-order chi connectivity index (χ1) is 8.81. The maximum atomic E-state index is 13.4. The first-order valence-corrected chi connectivity index (χ1v) is 5.62. The monoisotopic (exact) mass is 276 g/mol. The van der Waals surface area contributed by atoms with Gasteiger partial charge in [0.15, 0.2) is 11.6 Å². The lowest BCUT2D eigenvalue weighted by atomic mass is 10.0. The third-order valence-electron chi connectivity index (χ3n) is 2.44. The van der Waals surface area contributed by atoms with Gasteiger partial charge in [0.25, 0.3) is 0 Å². The van der Waals surface area contributed by atoms with Crippen LogP contribution in [0.15, 0.2) is 18.2 Å². The summed E-state index contributed by atoms with van der Waals surface area (Å²) < 4.78 is 41.2. The Labute approximate surface area is 108 Å². The van der Waals surface area contributed by atoms with Crippen LogP contribution in [0.3, 0.4) is 0 Å². The van der Waals surface area contributed by atoms with Crippen molar-refractivity contribution in [2.24, 2.45) is 11.7 Å². The van der Waals surface area contributed by atoms with Gasteiger partial charge in [-0.15, -0.1) is 0 Å². The zero-order valence-electron chi connectivity index (χ0n) is 10.5. The second kappa shape index (κ2) is 6.42. The highest BCUT2D eigenvalue weighted by Gasteiger charge is 2.18. The predicted molar refractivity (Wildman–Crippen MR) is 64.5 cm³/mol. The van der Waals surface area contributed by atoms with Crippen LogP contribution < -0.4 is 15.8 Å². The molecule has 0 saturated heterocycles. The molecule has 3 N–H and O–H groups in total. The number of rotatable bonds is 5. The van der Waals surface area contributed by atoms with Gasteiger partial charge in [0, 0.05) is 11.8 Å². The number of benzene rings is 1. The van der Waals surface area contributed by atoms with E-state index in [0.29, 0.717) is 0 Å². The topological polar surface area (TPSA) is 64.4 Å². The van der Waals surface area contributed by atoms with Crippen LogP contribution in [0.2, 0.25) is 0 Å². The summed E-state index contributed by atoms with van der Waals surface area (Å²) in [5.41, 5.74) is 5.74. The lowest BCUT2D eigenvalue weighted by Crippen LogP contribution is -2.39. The van der Waals surface area contributed by atoms with Crippen LogP contribution in [0.25, 0.3) is 0 Å². The van der Waals surface area contributed by atoms with Crippen molar-refractivity contribution in [3.8, 4) is 5.75 Å². The molecule has 1 aromatic carbocycles. The highest BCUT2D eigenvalue weighted by Crippen LogP contribution is 2.23. The average Bonchev–Trinajstić information content (AvgIpc) is 2.31. The molecule has 0 heterocycles. The number of anilines is 1. The number of hydrogen-bond donors (Lipinski definition) is 2. The van der Waals surface area contributed by atoms with Gasteiger partial charge in [-0.1, -0.05) is 13.8 Å². The summed E-state index contributed by atoms with van der Waals surface area (Å²) in [6.45, 7) is 0.429. The van der Waals surface area contributed by atoms with Crippen LogP contribution in [0.4, 0.5) is 18.9 Å². The van der Waals surface area contributed by atoms with Crippen molar-refractivity contribution >= 4 is 11.6 Å². The van der Waals surface area contributed by atoms with E-state index in [0.717, 1.165) is 12.1 Å². The average molecular weight is 276 g/mol. The number of carbonyl (C=O) groups is 1. The van der Waals surface area contributed by atoms with E-state index in [2.05, 4.69) is 10.1 Å². The van der Waals surface area contributed by atoms with Crippen molar-refractivity contribution in [2.45, 2.75) is 26.5 Å². The zero-order chi connectivity index (χ0) is 14.6. The first-order valence-electron chi connectivity index (χ1n) is 5.62. The molecule has 1 rings (SSSR count). The Hall–Kier alpha value is -1.76. The number of halogens is 3. The summed E-state index contributed by atoms with van der Waals surface area (Å²) in [5.74, 6) is -2.12. The quantitative estimate of drug-likeness (QED) is 0.867. The van der Waals surface area contributed by atoms with Gasteiger partial charge in [0.05, 0.1) is 6.04 Å². The van der Waals surface area contributed by atoms with Crippen molar-refractivity contribution in [2.75, 3.05) is 5.32 Å². The van der Waals surface area contributed by atoms with Gasteiger partial charge in [0.1, 0.15) is 0 Å². The summed E-state index contributed by atoms with van der Waals surface area (Å²) in [4.78, 5) is 11.6.